The first-order valence-corrected chi connectivity index (χ1v) is 4.28. The number of carbonyl (C=O) groups excluding carboxylic acids is 1. The molecule has 0 aliphatic heterocycles. The van der Waals surface area contributed by atoms with Crippen LogP contribution in [-0.2, 0) is 22.5 Å². The number of aryl methyl sites for hydroxylation is 1. The van der Waals surface area contributed by atoms with E-state index in [2.05, 4.69) is 9.72 Å². The summed E-state index contributed by atoms with van der Waals surface area (Å²) in [5.74, 6) is 0.118. The van der Waals surface area contributed by atoms with E-state index in [0.717, 1.165) is 0 Å². The van der Waals surface area contributed by atoms with Crippen molar-refractivity contribution in [1.82, 2.24) is 4.98 Å². The zero-order chi connectivity index (χ0) is 10.6. The Bertz CT molecular complexity index is 319. The molecular weight excluding hydrogens is 186 g/mol. The van der Waals surface area contributed by atoms with Gasteiger partial charge >= 0.3 is 5.97 Å². The topological polar surface area (TPSA) is 61.6 Å². The Morgan fingerprint density at radius 1 is 1.50 bits per heavy atom. The molecule has 0 fully saturated rings. The minimum absolute atomic E-state index is 0.131. The molecule has 78 valence electrons. The predicted octanol–water partition coefficient (Wildman–Crippen LogP) is 1.17. The van der Waals surface area contributed by atoms with Crippen LogP contribution in [0.3, 0.4) is 0 Å². The van der Waals surface area contributed by atoms with E-state index in [1.54, 1.807) is 0 Å². The van der Waals surface area contributed by atoms with E-state index >= 15 is 0 Å². The molecular formula is C9H13NO4. The molecule has 0 spiro atoms. The second-order valence-corrected chi connectivity index (χ2v) is 2.66. The molecule has 5 nitrogen and oxygen atoms in total. The van der Waals surface area contributed by atoms with Gasteiger partial charge in [-0.15, -0.1) is 0 Å². The number of oxazole rings is 1. The van der Waals surface area contributed by atoms with Gasteiger partial charge in [0.1, 0.15) is 5.69 Å². The Morgan fingerprint density at radius 2 is 2.21 bits per heavy atom. The van der Waals surface area contributed by atoms with E-state index in [4.69, 9.17) is 9.15 Å². The van der Waals surface area contributed by atoms with Crippen molar-refractivity contribution in [3.8, 4) is 0 Å². The van der Waals surface area contributed by atoms with Crippen molar-refractivity contribution in [2.24, 2.45) is 0 Å². The minimum Gasteiger partial charge on any atom is -0.463 e. The molecule has 0 N–H and O–H groups in total. The van der Waals surface area contributed by atoms with Crippen LogP contribution < -0.4 is 0 Å². The van der Waals surface area contributed by atoms with E-state index < -0.39 is 5.97 Å². The molecule has 0 atom stereocenters. The summed E-state index contributed by atoms with van der Waals surface area (Å²) in [6.07, 6.45) is 0.633. The Morgan fingerprint density at radius 3 is 2.71 bits per heavy atom. The van der Waals surface area contributed by atoms with E-state index in [-0.39, 0.29) is 12.4 Å². The van der Waals surface area contributed by atoms with Crippen molar-refractivity contribution in [3.05, 3.63) is 17.3 Å². The molecule has 0 saturated carbocycles. The molecule has 1 rings (SSSR count). The summed E-state index contributed by atoms with van der Waals surface area (Å²) < 4.78 is 14.6. The van der Waals surface area contributed by atoms with Crippen molar-refractivity contribution >= 4 is 5.97 Å². The molecule has 0 aliphatic carbocycles. The number of ether oxygens (including phenoxy) is 2. The Labute approximate surface area is 82.0 Å². The summed E-state index contributed by atoms with van der Waals surface area (Å²) in [7, 11) is 2.83. The average Bonchev–Trinajstić information content (AvgIpc) is 2.61. The van der Waals surface area contributed by atoms with Gasteiger partial charge in [0.2, 0.25) is 5.76 Å². The second-order valence-electron chi connectivity index (χ2n) is 2.66. The van der Waals surface area contributed by atoms with E-state index in [9.17, 15) is 4.79 Å². The number of hydrogen-bond acceptors (Lipinski definition) is 5. The van der Waals surface area contributed by atoms with Crippen LogP contribution in [0.25, 0.3) is 0 Å². The van der Waals surface area contributed by atoms with Gasteiger partial charge in [-0.25, -0.2) is 9.78 Å². The normalized spacial score (nSPS) is 10.2. The molecule has 0 radical (unpaired) electrons. The summed E-state index contributed by atoms with van der Waals surface area (Å²) in [6.45, 7) is 2.14. The number of aromatic nitrogens is 1. The molecule has 0 bridgehead atoms. The highest BCUT2D eigenvalue weighted by Gasteiger charge is 2.19. The fourth-order valence-electron chi connectivity index (χ4n) is 1.04. The molecule has 5 heteroatoms. The highest BCUT2D eigenvalue weighted by molar-refractivity contribution is 5.87. The van der Waals surface area contributed by atoms with E-state index in [0.29, 0.717) is 18.0 Å². The first-order valence-electron chi connectivity index (χ1n) is 4.28. The summed E-state index contributed by atoms with van der Waals surface area (Å²) in [6, 6.07) is 0. The fourth-order valence-corrected chi connectivity index (χ4v) is 1.04. The quantitative estimate of drug-likeness (QED) is 0.681. The van der Waals surface area contributed by atoms with Gasteiger partial charge in [0.15, 0.2) is 5.89 Å². The van der Waals surface area contributed by atoms with E-state index in [1.807, 2.05) is 6.92 Å². The summed E-state index contributed by atoms with van der Waals surface area (Å²) in [5.41, 5.74) is 0.483. The van der Waals surface area contributed by atoms with Crippen molar-refractivity contribution in [1.29, 1.82) is 0 Å². The molecule has 1 heterocycles. The van der Waals surface area contributed by atoms with Crippen LogP contribution in [0.4, 0.5) is 0 Å². The third-order valence-electron chi connectivity index (χ3n) is 1.70. The number of esters is 1. The molecule has 0 unspecified atom stereocenters. The van der Waals surface area contributed by atoms with Crippen molar-refractivity contribution < 1.29 is 18.7 Å². The lowest BCUT2D eigenvalue weighted by Gasteiger charge is -1.96. The van der Waals surface area contributed by atoms with Gasteiger partial charge in [0.25, 0.3) is 0 Å². The summed E-state index contributed by atoms with van der Waals surface area (Å²) >= 11 is 0. The number of rotatable bonds is 4. The van der Waals surface area contributed by atoms with E-state index in [1.165, 1.54) is 14.2 Å². The van der Waals surface area contributed by atoms with Gasteiger partial charge in [0.05, 0.1) is 13.7 Å². The molecule has 1 aromatic heterocycles. The molecule has 0 saturated heterocycles. The third kappa shape index (κ3) is 2.11. The van der Waals surface area contributed by atoms with Crippen LogP contribution in [-0.4, -0.2) is 25.2 Å². The first kappa shape index (κ1) is 10.7. The van der Waals surface area contributed by atoms with Crippen LogP contribution in [0.15, 0.2) is 4.42 Å². The lowest BCUT2D eigenvalue weighted by Crippen LogP contribution is -2.04. The molecule has 1 aromatic rings. The van der Waals surface area contributed by atoms with Crippen molar-refractivity contribution in [2.75, 3.05) is 14.2 Å². The van der Waals surface area contributed by atoms with Crippen LogP contribution in [0.1, 0.15) is 29.1 Å². The second kappa shape index (κ2) is 4.76. The lowest BCUT2D eigenvalue weighted by atomic mass is 10.3. The largest absolute Gasteiger partial charge is 0.463 e. The molecule has 0 aliphatic rings. The number of methoxy groups -OCH3 is 2. The molecule has 0 aromatic carbocycles. The van der Waals surface area contributed by atoms with Gasteiger partial charge in [-0.2, -0.15) is 0 Å². The van der Waals surface area contributed by atoms with Gasteiger partial charge in [-0.1, -0.05) is 6.92 Å². The standard InChI is InChI=1S/C9H13NO4/c1-4-7-10-6(5-12-2)8(14-7)9(11)13-3/h4-5H2,1-3H3. The SMILES string of the molecule is CCc1nc(COC)c(C(=O)OC)o1. The van der Waals surface area contributed by atoms with Gasteiger partial charge in [0, 0.05) is 13.5 Å². The maximum Gasteiger partial charge on any atom is 0.376 e. The highest BCUT2D eigenvalue weighted by atomic mass is 16.5. The average molecular weight is 199 g/mol. The van der Waals surface area contributed by atoms with Crippen LogP contribution in [0.5, 0.6) is 0 Å². The summed E-state index contributed by atoms with van der Waals surface area (Å²) in [4.78, 5) is 15.3. The number of nitrogens with zero attached hydrogens (tertiary/aromatic N) is 1. The molecule has 14 heavy (non-hydrogen) atoms. The van der Waals surface area contributed by atoms with Crippen molar-refractivity contribution in [3.63, 3.8) is 0 Å². The minimum atomic E-state index is -0.524. The highest BCUT2D eigenvalue weighted by Crippen LogP contribution is 2.13. The number of carbonyl (C=O) groups is 1. The Kier molecular flexibility index (Phi) is 3.64. The predicted molar refractivity (Wildman–Crippen MR) is 47.9 cm³/mol. The zero-order valence-corrected chi connectivity index (χ0v) is 8.49. The third-order valence-corrected chi connectivity index (χ3v) is 1.70. The first-order chi connectivity index (χ1) is 6.72. The maximum atomic E-state index is 11.2. The van der Waals surface area contributed by atoms with Gasteiger partial charge in [-0.3, -0.25) is 0 Å². The monoisotopic (exact) mass is 199 g/mol. The van der Waals surface area contributed by atoms with Crippen LogP contribution in [0.2, 0.25) is 0 Å². The lowest BCUT2D eigenvalue weighted by molar-refractivity contribution is 0.0556. The van der Waals surface area contributed by atoms with Crippen LogP contribution in [0, 0.1) is 0 Å². The van der Waals surface area contributed by atoms with Crippen LogP contribution >= 0.6 is 0 Å². The zero-order valence-electron chi connectivity index (χ0n) is 8.49. The van der Waals surface area contributed by atoms with Gasteiger partial charge in [-0.05, 0) is 0 Å². The van der Waals surface area contributed by atoms with Gasteiger partial charge < -0.3 is 13.9 Å². The fraction of sp³-hybridized carbons (Fsp3) is 0.556. The smallest absolute Gasteiger partial charge is 0.376 e. The summed E-state index contributed by atoms with van der Waals surface area (Å²) in [5, 5.41) is 0. The number of hydrogen-bond donors (Lipinski definition) is 0. The Hall–Kier alpha value is -1.36. The molecule has 0 amide bonds. The van der Waals surface area contributed by atoms with Crippen molar-refractivity contribution in [2.45, 2.75) is 20.0 Å². The Balaban J connectivity index is 2.99. The maximum absolute atomic E-state index is 11.2.